The van der Waals surface area contributed by atoms with Gasteiger partial charge < -0.3 is 4.42 Å². The molecular weight excluding hydrogens is 416 g/mol. The van der Waals surface area contributed by atoms with Crippen molar-refractivity contribution in [3.8, 4) is 11.3 Å². The van der Waals surface area contributed by atoms with Gasteiger partial charge in [0, 0.05) is 21.7 Å². The summed E-state index contributed by atoms with van der Waals surface area (Å²) in [6.07, 6.45) is 0. The molecule has 0 saturated carbocycles. The maximum Gasteiger partial charge on any atom is 0.273 e. The average molecular weight is 433 g/mol. The number of fused-ring (bicyclic) bond motifs is 1. The Morgan fingerprint density at radius 2 is 1.58 bits per heavy atom. The zero-order valence-electron chi connectivity index (χ0n) is 16.4. The second-order valence-corrected chi connectivity index (χ2v) is 7.29. The van der Waals surface area contributed by atoms with Crippen molar-refractivity contribution in [2.24, 2.45) is 0 Å². The lowest BCUT2D eigenvalue weighted by molar-refractivity contribution is 0.0847. The van der Waals surface area contributed by atoms with E-state index in [9.17, 15) is 14.4 Å². The van der Waals surface area contributed by atoms with Crippen LogP contribution >= 0.6 is 11.6 Å². The normalized spacial score (nSPS) is 10.6. The number of nitrogens with one attached hydrogen (secondary N) is 2. The van der Waals surface area contributed by atoms with Crippen molar-refractivity contribution in [1.29, 1.82) is 0 Å². The van der Waals surface area contributed by atoms with Crippen LogP contribution in [0.4, 0.5) is 0 Å². The van der Waals surface area contributed by atoms with Gasteiger partial charge in [0.25, 0.3) is 11.8 Å². The molecule has 4 aromatic rings. The van der Waals surface area contributed by atoms with E-state index < -0.39 is 11.8 Å². The van der Waals surface area contributed by atoms with Crippen molar-refractivity contribution < 1.29 is 14.0 Å². The molecule has 0 aliphatic rings. The van der Waals surface area contributed by atoms with E-state index in [0.29, 0.717) is 21.9 Å². The van der Waals surface area contributed by atoms with Gasteiger partial charge >= 0.3 is 0 Å². The van der Waals surface area contributed by atoms with Gasteiger partial charge in [-0.1, -0.05) is 54.1 Å². The molecule has 0 spiro atoms. The predicted molar refractivity (Wildman–Crippen MR) is 119 cm³/mol. The fraction of sp³-hybridized carbons (Fsp3) is 0.0417. The minimum Gasteiger partial charge on any atom is -0.455 e. The molecule has 4 rings (SSSR count). The van der Waals surface area contributed by atoms with E-state index in [1.165, 1.54) is 12.1 Å². The highest BCUT2D eigenvalue weighted by Gasteiger charge is 2.19. The molecule has 2 amide bonds. The van der Waals surface area contributed by atoms with Crippen molar-refractivity contribution in [2.45, 2.75) is 6.92 Å². The van der Waals surface area contributed by atoms with Crippen LogP contribution in [-0.2, 0) is 0 Å². The molecule has 31 heavy (non-hydrogen) atoms. The smallest absolute Gasteiger partial charge is 0.273 e. The van der Waals surface area contributed by atoms with Gasteiger partial charge in [0.05, 0.1) is 10.9 Å². The van der Waals surface area contributed by atoms with Gasteiger partial charge in [0.2, 0.25) is 0 Å². The summed E-state index contributed by atoms with van der Waals surface area (Å²) in [5.74, 6) is -0.758. The van der Waals surface area contributed by atoms with Crippen LogP contribution in [0.15, 0.2) is 82.0 Å². The van der Waals surface area contributed by atoms with Crippen LogP contribution < -0.4 is 16.3 Å². The Morgan fingerprint density at radius 1 is 0.871 bits per heavy atom. The summed E-state index contributed by atoms with van der Waals surface area (Å²) in [5, 5.41) is 0.685. The third-order valence-corrected chi connectivity index (χ3v) is 5.04. The molecule has 0 aliphatic carbocycles. The van der Waals surface area contributed by atoms with E-state index >= 15 is 0 Å². The zero-order valence-corrected chi connectivity index (χ0v) is 17.2. The average Bonchev–Trinajstić information content (AvgIpc) is 2.79. The fourth-order valence-corrected chi connectivity index (χ4v) is 3.43. The Bertz CT molecular complexity index is 1360. The molecule has 154 valence electrons. The van der Waals surface area contributed by atoms with Crippen molar-refractivity contribution in [1.82, 2.24) is 10.9 Å². The Morgan fingerprint density at radius 3 is 2.32 bits per heavy atom. The second-order valence-electron chi connectivity index (χ2n) is 6.85. The molecule has 0 aliphatic heterocycles. The molecule has 1 aromatic heterocycles. The van der Waals surface area contributed by atoms with Crippen LogP contribution in [-0.4, -0.2) is 11.8 Å². The number of carbonyl (C=O) groups is 2. The Kier molecular flexibility index (Phi) is 5.56. The van der Waals surface area contributed by atoms with Crippen molar-refractivity contribution >= 4 is 34.4 Å². The van der Waals surface area contributed by atoms with Crippen LogP contribution in [0.3, 0.4) is 0 Å². The van der Waals surface area contributed by atoms with E-state index in [1.807, 2.05) is 30.3 Å². The minimum atomic E-state index is -0.619. The van der Waals surface area contributed by atoms with Crippen LogP contribution in [0.25, 0.3) is 22.3 Å². The largest absolute Gasteiger partial charge is 0.455 e. The molecule has 7 heteroatoms. The van der Waals surface area contributed by atoms with Gasteiger partial charge in [0.1, 0.15) is 5.76 Å². The number of amides is 2. The third kappa shape index (κ3) is 4.06. The highest BCUT2D eigenvalue weighted by atomic mass is 35.5. The van der Waals surface area contributed by atoms with Gasteiger partial charge in [-0.05, 0) is 37.3 Å². The highest BCUT2D eigenvalue weighted by molar-refractivity contribution is 6.31. The molecule has 0 unspecified atom stereocenters. The third-order valence-electron chi connectivity index (χ3n) is 4.80. The van der Waals surface area contributed by atoms with Crippen LogP contribution in [0.2, 0.25) is 5.02 Å². The molecule has 2 N–H and O–H groups in total. The molecule has 0 radical (unpaired) electrons. The lowest BCUT2D eigenvalue weighted by Gasteiger charge is -2.11. The monoisotopic (exact) mass is 432 g/mol. The lowest BCUT2D eigenvalue weighted by atomic mass is 10.0. The van der Waals surface area contributed by atoms with E-state index in [2.05, 4.69) is 10.9 Å². The molecule has 0 bridgehead atoms. The maximum absolute atomic E-state index is 12.9. The standard InChI is InChI=1S/C24H17ClN2O4/c1-14-20(28)18-11-6-12-19(22(18)31-21(14)15-7-3-2-4-8-15)24(30)27-26-23(29)16-9-5-10-17(25)13-16/h2-13H,1H3,(H,26,29)(H,27,30). The number of hydrazine groups is 1. The maximum atomic E-state index is 12.9. The summed E-state index contributed by atoms with van der Waals surface area (Å²) < 4.78 is 6.03. The van der Waals surface area contributed by atoms with Gasteiger partial charge in [0.15, 0.2) is 11.0 Å². The molecule has 3 aromatic carbocycles. The summed E-state index contributed by atoms with van der Waals surface area (Å²) >= 11 is 5.90. The first-order chi connectivity index (χ1) is 15.0. The zero-order chi connectivity index (χ0) is 22.0. The van der Waals surface area contributed by atoms with Crippen LogP contribution in [0, 0.1) is 6.92 Å². The molecule has 0 saturated heterocycles. The van der Waals surface area contributed by atoms with Gasteiger partial charge in [-0.15, -0.1) is 0 Å². The van der Waals surface area contributed by atoms with Crippen LogP contribution in [0.5, 0.6) is 0 Å². The van der Waals surface area contributed by atoms with E-state index in [1.54, 1.807) is 37.3 Å². The van der Waals surface area contributed by atoms with Crippen LogP contribution in [0.1, 0.15) is 26.3 Å². The number of para-hydroxylation sites is 1. The quantitative estimate of drug-likeness (QED) is 0.466. The topological polar surface area (TPSA) is 88.4 Å². The molecular formula is C24H17ClN2O4. The van der Waals surface area contributed by atoms with E-state index in [-0.39, 0.29) is 22.0 Å². The first-order valence-corrected chi connectivity index (χ1v) is 9.81. The Hall–Kier alpha value is -3.90. The Labute approximate surface area is 182 Å². The van der Waals surface area contributed by atoms with Crippen molar-refractivity contribution in [2.75, 3.05) is 0 Å². The first-order valence-electron chi connectivity index (χ1n) is 9.44. The van der Waals surface area contributed by atoms with Gasteiger partial charge in [-0.25, -0.2) is 0 Å². The van der Waals surface area contributed by atoms with E-state index in [4.69, 9.17) is 16.0 Å². The number of rotatable bonds is 3. The number of halogens is 1. The molecule has 0 atom stereocenters. The highest BCUT2D eigenvalue weighted by Crippen LogP contribution is 2.27. The van der Waals surface area contributed by atoms with E-state index in [0.717, 1.165) is 5.56 Å². The first kappa shape index (κ1) is 20.4. The van der Waals surface area contributed by atoms with Crippen molar-refractivity contribution in [3.05, 3.63) is 105 Å². The second kappa shape index (κ2) is 8.45. The minimum absolute atomic E-state index is 0.123. The number of hydrogen-bond acceptors (Lipinski definition) is 4. The summed E-state index contributed by atoms with van der Waals surface area (Å²) in [5.41, 5.74) is 6.21. The fourth-order valence-electron chi connectivity index (χ4n) is 3.24. The predicted octanol–water partition coefficient (Wildman–Crippen LogP) is 4.50. The summed E-state index contributed by atoms with van der Waals surface area (Å²) in [7, 11) is 0. The molecule has 1 heterocycles. The number of benzene rings is 3. The SMILES string of the molecule is Cc1c(-c2ccccc2)oc2c(C(=O)NNC(=O)c3cccc(Cl)c3)cccc2c1=O. The summed E-state index contributed by atoms with van der Waals surface area (Å²) in [6.45, 7) is 1.69. The lowest BCUT2D eigenvalue weighted by Crippen LogP contribution is -2.41. The Balaban J connectivity index is 1.69. The molecule has 0 fully saturated rings. The van der Waals surface area contributed by atoms with Gasteiger partial charge in [-0.2, -0.15) is 0 Å². The summed E-state index contributed by atoms with van der Waals surface area (Å²) in [6, 6.07) is 20.2. The number of carbonyl (C=O) groups excluding carboxylic acids is 2. The number of hydrogen-bond donors (Lipinski definition) is 2. The van der Waals surface area contributed by atoms with Crippen molar-refractivity contribution in [3.63, 3.8) is 0 Å². The molecule has 6 nitrogen and oxygen atoms in total. The van der Waals surface area contributed by atoms with Gasteiger partial charge in [-0.3, -0.25) is 25.2 Å². The summed E-state index contributed by atoms with van der Waals surface area (Å²) in [4.78, 5) is 38.0.